The van der Waals surface area contributed by atoms with E-state index in [9.17, 15) is 13.2 Å². The zero-order chi connectivity index (χ0) is 10.2. The lowest BCUT2D eigenvalue weighted by Crippen LogP contribution is -2.11. The Bertz CT molecular complexity index is 411. The molecule has 2 nitrogen and oxygen atoms in total. The van der Waals surface area contributed by atoms with Gasteiger partial charge in [0, 0.05) is 12.4 Å². The van der Waals surface area contributed by atoms with E-state index < -0.39 is 12.6 Å². The number of aromatic nitrogens is 2. The average molecular weight is 200 g/mol. The van der Waals surface area contributed by atoms with Gasteiger partial charge in [-0.1, -0.05) is 6.07 Å². The maximum atomic E-state index is 12.0. The number of nitrogens with zero attached hydrogens (tertiary/aromatic N) is 2. The lowest BCUT2D eigenvalue weighted by molar-refractivity contribution is -0.127. The fraction of sp³-hybridized carbons (Fsp3) is 0.222. The van der Waals surface area contributed by atoms with Gasteiger partial charge in [0.15, 0.2) is 0 Å². The Morgan fingerprint density at radius 1 is 1.29 bits per heavy atom. The molecule has 74 valence electrons. The number of halogens is 3. The molecule has 0 spiro atoms. The fourth-order valence-electron chi connectivity index (χ4n) is 1.28. The molecule has 0 bridgehead atoms. The largest absolute Gasteiger partial charge is 0.394 e. The van der Waals surface area contributed by atoms with E-state index in [0.717, 1.165) is 0 Å². The Morgan fingerprint density at radius 3 is 2.71 bits per heavy atom. The van der Waals surface area contributed by atoms with Crippen LogP contribution in [-0.4, -0.2) is 15.6 Å². The number of pyridine rings is 1. The second kappa shape index (κ2) is 3.01. The monoisotopic (exact) mass is 200 g/mol. The Hall–Kier alpha value is -1.52. The van der Waals surface area contributed by atoms with Crippen LogP contribution in [0.5, 0.6) is 0 Å². The molecule has 0 saturated heterocycles. The first kappa shape index (κ1) is 9.05. The van der Waals surface area contributed by atoms with Crippen molar-refractivity contribution in [1.82, 2.24) is 9.38 Å². The zero-order valence-corrected chi connectivity index (χ0v) is 7.12. The lowest BCUT2D eigenvalue weighted by atomic mass is 10.3. The van der Waals surface area contributed by atoms with E-state index in [4.69, 9.17) is 0 Å². The summed E-state index contributed by atoms with van der Waals surface area (Å²) in [6.45, 7) is 0. The molecule has 2 aromatic heterocycles. The van der Waals surface area contributed by atoms with Crippen molar-refractivity contribution in [3.63, 3.8) is 0 Å². The van der Waals surface area contributed by atoms with Gasteiger partial charge in [0.2, 0.25) is 0 Å². The first-order valence-electron chi connectivity index (χ1n) is 4.04. The van der Waals surface area contributed by atoms with Crippen molar-refractivity contribution in [2.45, 2.75) is 12.6 Å². The molecule has 0 N–H and O–H groups in total. The van der Waals surface area contributed by atoms with Gasteiger partial charge in [0.05, 0.1) is 12.1 Å². The van der Waals surface area contributed by atoms with Crippen LogP contribution in [0.4, 0.5) is 13.2 Å². The fourth-order valence-corrected chi connectivity index (χ4v) is 1.28. The van der Waals surface area contributed by atoms with Crippen LogP contribution in [0, 0.1) is 0 Å². The van der Waals surface area contributed by atoms with Crippen molar-refractivity contribution >= 4 is 5.65 Å². The van der Waals surface area contributed by atoms with E-state index >= 15 is 0 Å². The van der Waals surface area contributed by atoms with E-state index in [2.05, 4.69) is 4.98 Å². The predicted molar refractivity (Wildman–Crippen MR) is 45.0 cm³/mol. The van der Waals surface area contributed by atoms with Crippen LogP contribution in [0.15, 0.2) is 30.6 Å². The normalized spacial score (nSPS) is 12.2. The van der Waals surface area contributed by atoms with Crippen LogP contribution in [-0.2, 0) is 6.42 Å². The SMILES string of the molecule is FC(F)(F)Cc1cn2ccccc2n1. The molecule has 0 aromatic carbocycles. The lowest BCUT2D eigenvalue weighted by Gasteiger charge is -2.01. The third-order valence-electron chi connectivity index (χ3n) is 1.80. The Kier molecular flexibility index (Phi) is 1.94. The summed E-state index contributed by atoms with van der Waals surface area (Å²) >= 11 is 0. The molecule has 0 aliphatic heterocycles. The molecule has 2 heterocycles. The molecule has 0 aliphatic carbocycles. The molecule has 2 aromatic rings. The van der Waals surface area contributed by atoms with Crippen molar-refractivity contribution in [3.05, 3.63) is 36.3 Å². The second-order valence-electron chi connectivity index (χ2n) is 2.99. The van der Waals surface area contributed by atoms with Crippen LogP contribution < -0.4 is 0 Å². The minimum Gasteiger partial charge on any atom is -0.307 e. The molecule has 0 atom stereocenters. The van der Waals surface area contributed by atoms with Gasteiger partial charge in [-0.2, -0.15) is 13.2 Å². The topological polar surface area (TPSA) is 17.3 Å². The quantitative estimate of drug-likeness (QED) is 0.691. The van der Waals surface area contributed by atoms with E-state index in [1.165, 1.54) is 6.20 Å². The first-order valence-corrected chi connectivity index (χ1v) is 4.04. The van der Waals surface area contributed by atoms with Gasteiger partial charge in [-0.3, -0.25) is 0 Å². The highest BCUT2D eigenvalue weighted by Gasteiger charge is 2.28. The van der Waals surface area contributed by atoms with Gasteiger partial charge in [-0.15, -0.1) is 0 Å². The molecule has 0 saturated carbocycles. The number of hydrogen-bond acceptors (Lipinski definition) is 1. The minimum absolute atomic E-state index is 0.0451. The molecule has 5 heteroatoms. The van der Waals surface area contributed by atoms with E-state index in [0.29, 0.717) is 5.65 Å². The molecule has 0 radical (unpaired) electrons. The zero-order valence-electron chi connectivity index (χ0n) is 7.12. The summed E-state index contributed by atoms with van der Waals surface area (Å²) in [6, 6.07) is 5.14. The molecule has 2 rings (SSSR count). The molecular weight excluding hydrogens is 193 g/mol. The highest BCUT2D eigenvalue weighted by atomic mass is 19.4. The van der Waals surface area contributed by atoms with Gasteiger partial charge in [0.25, 0.3) is 0 Å². The van der Waals surface area contributed by atoms with Gasteiger partial charge >= 0.3 is 6.18 Å². The van der Waals surface area contributed by atoms with Crippen molar-refractivity contribution in [2.75, 3.05) is 0 Å². The molecule has 0 aliphatic rings. The second-order valence-corrected chi connectivity index (χ2v) is 2.99. The van der Waals surface area contributed by atoms with Crippen LogP contribution in [0.3, 0.4) is 0 Å². The number of imidazole rings is 1. The minimum atomic E-state index is -4.20. The molecule has 0 fully saturated rings. The standard InChI is InChI=1S/C9H7F3N2/c10-9(11,12)5-7-6-14-4-2-1-3-8(14)13-7/h1-4,6H,5H2. The number of rotatable bonds is 1. The first-order chi connectivity index (χ1) is 6.54. The van der Waals surface area contributed by atoms with Gasteiger partial charge in [-0.25, -0.2) is 4.98 Å². The highest BCUT2D eigenvalue weighted by molar-refractivity contribution is 5.39. The van der Waals surface area contributed by atoms with Crippen LogP contribution in [0.2, 0.25) is 0 Å². The summed E-state index contributed by atoms with van der Waals surface area (Å²) in [5.74, 6) is 0. The van der Waals surface area contributed by atoms with E-state index in [1.807, 2.05) is 0 Å². The third kappa shape index (κ3) is 1.86. The summed E-state index contributed by atoms with van der Waals surface area (Å²) in [7, 11) is 0. The Morgan fingerprint density at radius 2 is 2.07 bits per heavy atom. The summed E-state index contributed by atoms with van der Waals surface area (Å²) in [6.07, 6.45) is -2.11. The number of alkyl halides is 3. The van der Waals surface area contributed by atoms with Crippen molar-refractivity contribution < 1.29 is 13.2 Å². The number of hydrogen-bond donors (Lipinski definition) is 0. The van der Waals surface area contributed by atoms with Gasteiger partial charge in [0.1, 0.15) is 5.65 Å². The average Bonchev–Trinajstić information content (AvgIpc) is 2.42. The predicted octanol–water partition coefficient (Wildman–Crippen LogP) is 2.44. The maximum absolute atomic E-state index is 12.0. The summed E-state index contributed by atoms with van der Waals surface area (Å²) < 4.78 is 37.6. The molecule has 0 amide bonds. The van der Waals surface area contributed by atoms with Gasteiger partial charge < -0.3 is 4.40 Å². The maximum Gasteiger partial charge on any atom is 0.394 e. The van der Waals surface area contributed by atoms with Gasteiger partial charge in [-0.05, 0) is 12.1 Å². The van der Waals surface area contributed by atoms with Crippen molar-refractivity contribution in [3.8, 4) is 0 Å². The van der Waals surface area contributed by atoms with Crippen molar-refractivity contribution in [1.29, 1.82) is 0 Å². The summed E-state index contributed by atoms with van der Waals surface area (Å²) in [4.78, 5) is 3.84. The molecular formula is C9H7F3N2. The Labute approximate surface area is 78.0 Å². The Balaban J connectivity index is 2.36. The summed E-state index contributed by atoms with van der Waals surface area (Å²) in [5.41, 5.74) is 0.579. The molecule has 0 unspecified atom stereocenters. The highest BCUT2D eigenvalue weighted by Crippen LogP contribution is 2.20. The smallest absolute Gasteiger partial charge is 0.307 e. The van der Waals surface area contributed by atoms with Crippen LogP contribution >= 0.6 is 0 Å². The van der Waals surface area contributed by atoms with Crippen LogP contribution in [0.1, 0.15) is 5.69 Å². The van der Waals surface area contributed by atoms with E-state index in [-0.39, 0.29) is 5.69 Å². The van der Waals surface area contributed by atoms with E-state index in [1.54, 1.807) is 28.8 Å². The molecule has 14 heavy (non-hydrogen) atoms. The number of fused-ring (bicyclic) bond motifs is 1. The summed E-state index contributed by atoms with van der Waals surface area (Å²) in [5, 5.41) is 0. The van der Waals surface area contributed by atoms with Crippen molar-refractivity contribution in [2.24, 2.45) is 0 Å². The van der Waals surface area contributed by atoms with Crippen LogP contribution in [0.25, 0.3) is 5.65 Å². The third-order valence-corrected chi connectivity index (χ3v) is 1.80.